The van der Waals surface area contributed by atoms with E-state index in [2.05, 4.69) is 41.3 Å². The van der Waals surface area contributed by atoms with E-state index >= 15 is 0 Å². The Labute approximate surface area is 148 Å². The number of nitrogens with zero attached hydrogens (tertiary/aromatic N) is 4. The molecule has 8 nitrogen and oxygen atoms in total. The number of rotatable bonds is 4. The van der Waals surface area contributed by atoms with Crippen LogP contribution in [0, 0.1) is 0 Å². The molecule has 0 radical (unpaired) electrons. The van der Waals surface area contributed by atoms with Gasteiger partial charge in [0.2, 0.25) is 0 Å². The molecule has 3 rings (SSSR count). The van der Waals surface area contributed by atoms with E-state index in [1.165, 1.54) is 24.2 Å². The number of amides is 1. The Balaban J connectivity index is 1.74. The number of methoxy groups -OCH3 is 1. The third kappa shape index (κ3) is 3.49. The number of ether oxygens (including phenoxy) is 1. The average molecular weight is 408 g/mol. The summed E-state index contributed by atoms with van der Waals surface area (Å²) in [5.74, 6) is -0.976. The smallest absolute Gasteiger partial charge is 0.349 e. The quantitative estimate of drug-likeness (QED) is 0.667. The van der Waals surface area contributed by atoms with Crippen molar-refractivity contribution in [3.63, 3.8) is 0 Å². The lowest BCUT2D eigenvalue weighted by Gasteiger charge is -1.99. The number of nitrogens with one attached hydrogen (secondary N) is 1. The second-order valence-corrected chi connectivity index (χ2v) is 6.45. The fourth-order valence-corrected chi connectivity index (χ4v) is 2.92. The summed E-state index contributed by atoms with van der Waals surface area (Å²) in [6.07, 6.45) is 2.84. The van der Waals surface area contributed by atoms with E-state index in [0.29, 0.717) is 4.88 Å². The number of carbonyl (C=O) groups is 2. The van der Waals surface area contributed by atoms with Crippen LogP contribution in [-0.4, -0.2) is 39.0 Å². The molecule has 0 aliphatic rings. The first-order chi connectivity index (χ1) is 11.6. The molecule has 1 N–H and O–H groups in total. The number of thiazole rings is 1. The van der Waals surface area contributed by atoms with Crippen molar-refractivity contribution in [1.82, 2.24) is 20.0 Å². The highest BCUT2D eigenvalue weighted by molar-refractivity contribution is 9.10. The van der Waals surface area contributed by atoms with Crippen molar-refractivity contribution in [3.8, 4) is 5.69 Å². The molecule has 1 aromatic carbocycles. The number of carbonyl (C=O) groups excluding carboxylic acids is 2. The number of hydrogen-bond donors (Lipinski definition) is 1. The topological polar surface area (TPSA) is 99.0 Å². The summed E-state index contributed by atoms with van der Waals surface area (Å²) in [4.78, 5) is 27.8. The molecule has 3 aromatic rings. The molecule has 0 unspecified atom stereocenters. The van der Waals surface area contributed by atoms with E-state index in [9.17, 15) is 9.59 Å². The summed E-state index contributed by atoms with van der Waals surface area (Å²) in [5.41, 5.74) is 0.892. The Hall–Kier alpha value is -2.59. The van der Waals surface area contributed by atoms with Crippen molar-refractivity contribution in [2.75, 3.05) is 12.4 Å². The Morgan fingerprint density at radius 1 is 1.38 bits per heavy atom. The van der Waals surface area contributed by atoms with Gasteiger partial charge in [-0.05, 0) is 18.2 Å². The normalized spacial score (nSPS) is 10.4. The number of halogens is 1. The monoisotopic (exact) mass is 407 g/mol. The maximum absolute atomic E-state index is 12.2. The first-order valence-corrected chi connectivity index (χ1v) is 8.21. The number of aromatic nitrogens is 4. The van der Waals surface area contributed by atoms with Gasteiger partial charge >= 0.3 is 5.97 Å². The third-order valence-electron chi connectivity index (χ3n) is 2.91. The summed E-state index contributed by atoms with van der Waals surface area (Å²) in [6, 6.07) is 7.42. The highest BCUT2D eigenvalue weighted by atomic mass is 79.9. The van der Waals surface area contributed by atoms with Gasteiger partial charge in [0.15, 0.2) is 10.8 Å². The zero-order valence-corrected chi connectivity index (χ0v) is 14.7. The van der Waals surface area contributed by atoms with E-state index in [1.54, 1.807) is 0 Å². The van der Waals surface area contributed by atoms with Gasteiger partial charge in [0.1, 0.15) is 4.88 Å². The van der Waals surface area contributed by atoms with Crippen molar-refractivity contribution in [3.05, 3.63) is 51.7 Å². The number of benzene rings is 1. The van der Waals surface area contributed by atoms with Crippen molar-refractivity contribution in [2.24, 2.45) is 0 Å². The number of hydrogen-bond acceptors (Lipinski definition) is 7. The molecular weight excluding hydrogens is 398 g/mol. The van der Waals surface area contributed by atoms with Crippen molar-refractivity contribution in [2.45, 2.75) is 0 Å². The maximum Gasteiger partial charge on any atom is 0.349 e. The van der Waals surface area contributed by atoms with Gasteiger partial charge in [-0.1, -0.05) is 38.5 Å². The number of anilines is 1. The second kappa shape index (κ2) is 6.89. The van der Waals surface area contributed by atoms with Gasteiger partial charge in [-0.3, -0.25) is 10.1 Å². The molecule has 0 atom stereocenters. The van der Waals surface area contributed by atoms with Crippen LogP contribution in [0.4, 0.5) is 5.13 Å². The molecule has 0 fully saturated rings. The van der Waals surface area contributed by atoms with Gasteiger partial charge in [-0.2, -0.15) is 0 Å². The summed E-state index contributed by atoms with van der Waals surface area (Å²) < 4.78 is 6.97. The van der Waals surface area contributed by atoms with Gasteiger partial charge < -0.3 is 4.74 Å². The van der Waals surface area contributed by atoms with Gasteiger partial charge in [0, 0.05) is 4.47 Å². The van der Waals surface area contributed by atoms with Crippen LogP contribution < -0.4 is 5.32 Å². The predicted molar refractivity (Wildman–Crippen MR) is 90.5 cm³/mol. The summed E-state index contributed by atoms with van der Waals surface area (Å²) >= 11 is 4.39. The van der Waals surface area contributed by atoms with Crippen LogP contribution in [-0.2, 0) is 4.74 Å². The average Bonchev–Trinajstić information content (AvgIpc) is 3.23. The Morgan fingerprint density at radius 2 is 2.21 bits per heavy atom. The molecule has 24 heavy (non-hydrogen) atoms. The van der Waals surface area contributed by atoms with Crippen LogP contribution in [0.2, 0.25) is 0 Å². The Bertz CT molecular complexity index is 907. The van der Waals surface area contributed by atoms with Crippen LogP contribution in [0.15, 0.2) is 41.1 Å². The minimum absolute atomic E-state index is 0.129. The molecule has 0 aliphatic heterocycles. The Morgan fingerprint density at radius 3 is 2.96 bits per heavy atom. The van der Waals surface area contributed by atoms with E-state index in [1.807, 2.05) is 24.3 Å². The lowest BCUT2D eigenvalue weighted by molar-refractivity contribution is 0.0606. The first kappa shape index (κ1) is 16.3. The molecule has 2 heterocycles. The zero-order valence-electron chi connectivity index (χ0n) is 12.3. The van der Waals surface area contributed by atoms with Gasteiger partial charge in [-0.25, -0.2) is 14.5 Å². The summed E-state index contributed by atoms with van der Waals surface area (Å²) in [6.45, 7) is 0. The van der Waals surface area contributed by atoms with Crippen LogP contribution in [0.25, 0.3) is 5.69 Å². The fourth-order valence-electron chi connectivity index (χ4n) is 1.80. The van der Waals surface area contributed by atoms with Crippen LogP contribution in [0.5, 0.6) is 0 Å². The lowest BCUT2D eigenvalue weighted by Crippen LogP contribution is -2.12. The Kier molecular flexibility index (Phi) is 4.67. The van der Waals surface area contributed by atoms with Crippen LogP contribution in [0.3, 0.4) is 0 Å². The minimum atomic E-state index is -0.506. The fraction of sp³-hybridized carbons (Fsp3) is 0.0714. The highest BCUT2D eigenvalue weighted by Gasteiger charge is 2.16. The SMILES string of the molecule is COC(=O)c1cnc(NC(=O)c2cn(-c3cccc(Br)c3)nn2)s1. The lowest BCUT2D eigenvalue weighted by atomic mass is 10.3. The molecule has 0 saturated heterocycles. The molecule has 0 aliphatic carbocycles. The van der Waals surface area contributed by atoms with E-state index in [4.69, 9.17) is 0 Å². The van der Waals surface area contributed by atoms with Gasteiger partial charge in [0.05, 0.1) is 25.2 Å². The number of esters is 1. The van der Waals surface area contributed by atoms with E-state index in [0.717, 1.165) is 21.5 Å². The minimum Gasteiger partial charge on any atom is -0.465 e. The van der Waals surface area contributed by atoms with Crippen LogP contribution >= 0.6 is 27.3 Å². The highest BCUT2D eigenvalue weighted by Crippen LogP contribution is 2.19. The third-order valence-corrected chi connectivity index (χ3v) is 4.30. The van der Waals surface area contributed by atoms with Gasteiger partial charge in [-0.15, -0.1) is 5.10 Å². The molecule has 0 saturated carbocycles. The van der Waals surface area contributed by atoms with Gasteiger partial charge in [0.25, 0.3) is 5.91 Å². The largest absolute Gasteiger partial charge is 0.465 e. The molecular formula is C14H10BrN5O3S. The maximum atomic E-state index is 12.2. The molecule has 2 aromatic heterocycles. The predicted octanol–water partition coefficient (Wildman–Crippen LogP) is 2.53. The first-order valence-electron chi connectivity index (χ1n) is 6.60. The standard InChI is InChI=1S/C14H10BrN5O3S/c1-23-13(22)11-6-16-14(24-11)17-12(21)10-7-20(19-18-10)9-4-2-3-8(15)5-9/h2-7H,1H3,(H,16,17,21). The van der Waals surface area contributed by atoms with Crippen molar-refractivity contribution < 1.29 is 14.3 Å². The molecule has 1 amide bonds. The van der Waals surface area contributed by atoms with E-state index in [-0.39, 0.29) is 10.8 Å². The molecule has 10 heteroatoms. The summed E-state index contributed by atoms with van der Waals surface area (Å²) in [5, 5.41) is 10.6. The zero-order chi connectivity index (χ0) is 17.1. The molecule has 122 valence electrons. The summed E-state index contributed by atoms with van der Waals surface area (Å²) in [7, 11) is 1.28. The second-order valence-electron chi connectivity index (χ2n) is 4.50. The van der Waals surface area contributed by atoms with Crippen molar-refractivity contribution in [1.29, 1.82) is 0 Å². The van der Waals surface area contributed by atoms with Crippen molar-refractivity contribution >= 4 is 44.3 Å². The van der Waals surface area contributed by atoms with Crippen LogP contribution in [0.1, 0.15) is 20.2 Å². The molecule has 0 spiro atoms. The molecule has 0 bridgehead atoms. The van der Waals surface area contributed by atoms with E-state index < -0.39 is 11.9 Å².